The van der Waals surface area contributed by atoms with Gasteiger partial charge in [-0.2, -0.15) is 0 Å². The lowest BCUT2D eigenvalue weighted by atomic mass is 10.1. The summed E-state index contributed by atoms with van der Waals surface area (Å²) >= 11 is 4.31. The fraction of sp³-hybridized carbons (Fsp3) is 0.400. The van der Waals surface area contributed by atoms with Crippen LogP contribution >= 0.6 is 12.6 Å². The molecule has 12 heavy (non-hydrogen) atoms. The van der Waals surface area contributed by atoms with E-state index in [4.69, 9.17) is 0 Å². The average Bonchev–Trinajstić information content (AvgIpc) is 2.07. The molecule has 0 saturated carbocycles. The molecule has 0 bridgehead atoms. The molecule has 0 saturated heterocycles. The van der Waals surface area contributed by atoms with Crippen LogP contribution in [-0.4, -0.2) is 5.11 Å². The van der Waals surface area contributed by atoms with Gasteiger partial charge in [-0.1, -0.05) is 13.3 Å². The Bertz CT molecular complexity index is 258. The molecule has 0 aliphatic rings. The van der Waals surface area contributed by atoms with Crippen LogP contribution in [0.3, 0.4) is 0 Å². The first kappa shape index (κ1) is 9.46. The number of phenols is 1. The van der Waals surface area contributed by atoms with Crippen LogP contribution in [0.4, 0.5) is 0 Å². The van der Waals surface area contributed by atoms with Gasteiger partial charge < -0.3 is 5.11 Å². The SMILES string of the molecule is CCCCc1cc(O)ccc1S. The van der Waals surface area contributed by atoms with Crippen LogP contribution in [-0.2, 0) is 6.42 Å². The van der Waals surface area contributed by atoms with Crippen molar-refractivity contribution in [1.29, 1.82) is 0 Å². The highest BCUT2D eigenvalue weighted by Gasteiger charge is 1.99. The Kier molecular flexibility index (Phi) is 3.48. The lowest BCUT2D eigenvalue weighted by molar-refractivity contribution is 0.473. The summed E-state index contributed by atoms with van der Waals surface area (Å²) in [6.07, 6.45) is 3.32. The second-order valence-electron chi connectivity index (χ2n) is 2.92. The van der Waals surface area contributed by atoms with E-state index in [1.165, 1.54) is 6.42 Å². The van der Waals surface area contributed by atoms with Crippen molar-refractivity contribution in [3.05, 3.63) is 23.8 Å². The zero-order valence-electron chi connectivity index (χ0n) is 7.25. The normalized spacial score (nSPS) is 10.2. The molecule has 0 amide bonds. The highest BCUT2D eigenvalue weighted by Crippen LogP contribution is 2.21. The predicted octanol–water partition coefficient (Wildman–Crippen LogP) is 3.02. The van der Waals surface area contributed by atoms with E-state index < -0.39 is 0 Å². The maximum atomic E-state index is 9.20. The zero-order valence-corrected chi connectivity index (χ0v) is 8.14. The van der Waals surface area contributed by atoms with E-state index in [1.807, 2.05) is 6.07 Å². The van der Waals surface area contributed by atoms with Gasteiger partial charge >= 0.3 is 0 Å². The number of hydrogen-bond donors (Lipinski definition) is 2. The van der Waals surface area contributed by atoms with Gasteiger partial charge in [-0.15, -0.1) is 12.6 Å². The first-order valence-electron chi connectivity index (χ1n) is 4.25. The molecular formula is C10H14OS. The Balaban J connectivity index is 2.75. The fourth-order valence-corrected chi connectivity index (χ4v) is 1.39. The zero-order chi connectivity index (χ0) is 8.97. The van der Waals surface area contributed by atoms with Gasteiger partial charge in [0.15, 0.2) is 0 Å². The van der Waals surface area contributed by atoms with E-state index in [0.29, 0.717) is 5.75 Å². The number of thiol groups is 1. The molecule has 0 aliphatic heterocycles. The van der Waals surface area contributed by atoms with Gasteiger partial charge in [0.1, 0.15) is 5.75 Å². The van der Waals surface area contributed by atoms with Crippen LogP contribution in [0.5, 0.6) is 5.75 Å². The van der Waals surface area contributed by atoms with Crippen molar-refractivity contribution in [2.75, 3.05) is 0 Å². The first-order chi connectivity index (χ1) is 5.74. The van der Waals surface area contributed by atoms with Gasteiger partial charge in [-0.25, -0.2) is 0 Å². The molecule has 0 fully saturated rings. The van der Waals surface area contributed by atoms with Crippen LogP contribution < -0.4 is 0 Å². The fourth-order valence-electron chi connectivity index (χ4n) is 1.14. The first-order valence-corrected chi connectivity index (χ1v) is 4.69. The van der Waals surface area contributed by atoms with Gasteiger partial charge in [0.2, 0.25) is 0 Å². The topological polar surface area (TPSA) is 20.2 Å². The second-order valence-corrected chi connectivity index (χ2v) is 3.40. The number of unbranched alkanes of at least 4 members (excludes halogenated alkanes) is 1. The van der Waals surface area contributed by atoms with E-state index >= 15 is 0 Å². The lowest BCUT2D eigenvalue weighted by Crippen LogP contribution is -1.86. The van der Waals surface area contributed by atoms with E-state index in [0.717, 1.165) is 23.3 Å². The van der Waals surface area contributed by atoms with Crippen molar-refractivity contribution in [3.8, 4) is 5.75 Å². The molecule has 1 aromatic rings. The van der Waals surface area contributed by atoms with Gasteiger partial charge in [0.25, 0.3) is 0 Å². The van der Waals surface area contributed by atoms with E-state index in [-0.39, 0.29) is 0 Å². The van der Waals surface area contributed by atoms with Crippen LogP contribution in [0.2, 0.25) is 0 Å². The van der Waals surface area contributed by atoms with Crippen molar-refractivity contribution >= 4 is 12.6 Å². The van der Waals surface area contributed by atoms with Gasteiger partial charge in [-0.05, 0) is 36.6 Å². The largest absolute Gasteiger partial charge is 0.508 e. The molecule has 0 aliphatic carbocycles. The van der Waals surface area contributed by atoms with E-state index in [1.54, 1.807) is 12.1 Å². The molecule has 1 aromatic carbocycles. The van der Waals surface area contributed by atoms with Crippen molar-refractivity contribution in [1.82, 2.24) is 0 Å². The Morgan fingerprint density at radius 2 is 2.17 bits per heavy atom. The Hall–Kier alpha value is -0.630. The third kappa shape index (κ3) is 2.45. The number of aromatic hydroxyl groups is 1. The summed E-state index contributed by atoms with van der Waals surface area (Å²) in [7, 11) is 0. The molecule has 2 heteroatoms. The molecule has 1 rings (SSSR count). The summed E-state index contributed by atoms with van der Waals surface area (Å²) < 4.78 is 0. The molecule has 0 spiro atoms. The molecular weight excluding hydrogens is 168 g/mol. The Morgan fingerprint density at radius 1 is 1.42 bits per heavy atom. The number of rotatable bonds is 3. The number of phenolic OH excluding ortho intramolecular Hbond substituents is 1. The van der Waals surface area contributed by atoms with Crippen LogP contribution in [0.25, 0.3) is 0 Å². The van der Waals surface area contributed by atoms with Crippen molar-refractivity contribution in [3.63, 3.8) is 0 Å². The maximum Gasteiger partial charge on any atom is 0.115 e. The van der Waals surface area contributed by atoms with Gasteiger partial charge in [0, 0.05) is 4.90 Å². The number of benzene rings is 1. The van der Waals surface area contributed by atoms with Crippen LogP contribution in [0.1, 0.15) is 25.3 Å². The molecule has 0 aromatic heterocycles. The summed E-state index contributed by atoms with van der Waals surface area (Å²) in [4.78, 5) is 0.973. The average molecular weight is 182 g/mol. The van der Waals surface area contributed by atoms with Crippen LogP contribution in [0, 0.1) is 0 Å². The summed E-state index contributed by atoms with van der Waals surface area (Å²) in [5.41, 5.74) is 1.14. The molecule has 0 unspecified atom stereocenters. The minimum Gasteiger partial charge on any atom is -0.508 e. The summed E-state index contributed by atoms with van der Waals surface area (Å²) in [5.74, 6) is 0.332. The van der Waals surface area contributed by atoms with Crippen molar-refractivity contribution < 1.29 is 5.11 Å². The summed E-state index contributed by atoms with van der Waals surface area (Å²) in [6, 6.07) is 5.29. The molecule has 0 heterocycles. The van der Waals surface area contributed by atoms with Gasteiger partial charge in [-0.3, -0.25) is 0 Å². The van der Waals surface area contributed by atoms with E-state index in [2.05, 4.69) is 19.6 Å². The summed E-state index contributed by atoms with van der Waals surface area (Å²) in [6.45, 7) is 2.15. The third-order valence-corrected chi connectivity index (χ3v) is 2.30. The molecule has 1 nitrogen and oxygen atoms in total. The molecule has 0 radical (unpaired) electrons. The monoisotopic (exact) mass is 182 g/mol. The number of hydrogen-bond acceptors (Lipinski definition) is 2. The lowest BCUT2D eigenvalue weighted by Gasteiger charge is -2.03. The highest BCUT2D eigenvalue weighted by molar-refractivity contribution is 7.80. The smallest absolute Gasteiger partial charge is 0.115 e. The minimum absolute atomic E-state index is 0.332. The quantitative estimate of drug-likeness (QED) is 0.688. The molecule has 1 N–H and O–H groups in total. The second kappa shape index (κ2) is 4.41. The number of aryl methyl sites for hydroxylation is 1. The standard InChI is InChI=1S/C10H14OS/c1-2-3-4-8-7-9(11)5-6-10(8)12/h5-7,11-12H,2-4H2,1H3. The van der Waals surface area contributed by atoms with Crippen molar-refractivity contribution in [2.24, 2.45) is 0 Å². The maximum absolute atomic E-state index is 9.20. The van der Waals surface area contributed by atoms with E-state index in [9.17, 15) is 5.11 Å². The molecule has 66 valence electrons. The highest BCUT2D eigenvalue weighted by atomic mass is 32.1. The molecule has 0 atom stereocenters. The minimum atomic E-state index is 0.332. The Labute approximate surface area is 78.8 Å². The predicted molar refractivity (Wildman–Crippen MR) is 54.0 cm³/mol. The summed E-state index contributed by atoms with van der Waals surface area (Å²) in [5, 5.41) is 9.20. The van der Waals surface area contributed by atoms with Crippen molar-refractivity contribution in [2.45, 2.75) is 31.1 Å². The van der Waals surface area contributed by atoms with Gasteiger partial charge in [0.05, 0.1) is 0 Å². The Morgan fingerprint density at radius 3 is 2.83 bits per heavy atom. The third-order valence-electron chi connectivity index (χ3n) is 1.86. The van der Waals surface area contributed by atoms with Crippen LogP contribution in [0.15, 0.2) is 23.1 Å².